The molecule has 0 aromatic heterocycles. The molecule has 0 aliphatic carbocycles. The molecule has 2 heterocycles. The monoisotopic (exact) mass is 455 g/mol. The second kappa shape index (κ2) is 8.89. The average Bonchev–Trinajstić information content (AvgIpc) is 3.04. The summed E-state index contributed by atoms with van der Waals surface area (Å²) in [6.45, 7) is 0.195. The van der Waals surface area contributed by atoms with Crippen molar-refractivity contribution in [3.8, 4) is 0 Å². The molecule has 0 radical (unpaired) electrons. The van der Waals surface area contributed by atoms with Crippen LogP contribution in [0.4, 0.5) is 8.78 Å². The molecule has 0 saturated carbocycles. The number of aryl methyl sites for hydroxylation is 1. The molecule has 10 heteroatoms. The third-order valence-corrected chi connectivity index (χ3v) is 5.64. The fraction of sp³-hybridized carbons (Fsp3) is 0.261. The molecule has 0 spiro atoms. The molecule has 170 valence electrons. The standard InChI is InChI=1S/C23H19F2N3O5/c24-15-7-6-13(11-16(15)25)20(30)26-10-2-4-12-3-1-5-14-19(12)23(33)28(22(14)32)17-8-9-18(29)27-21(17)31/h1,3,5-7,11,17H,2,4,8-10H2,(H,26,30)(H,27,29,31). The van der Waals surface area contributed by atoms with Crippen LogP contribution in [0.1, 0.15) is 55.9 Å². The lowest BCUT2D eigenvalue weighted by Gasteiger charge is -2.27. The second-order valence-electron chi connectivity index (χ2n) is 7.78. The van der Waals surface area contributed by atoms with E-state index < -0.39 is 47.2 Å². The maximum absolute atomic E-state index is 13.3. The van der Waals surface area contributed by atoms with Crippen LogP contribution in [-0.4, -0.2) is 47.0 Å². The van der Waals surface area contributed by atoms with E-state index >= 15 is 0 Å². The summed E-state index contributed by atoms with van der Waals surface area (Å²) in [4.78, 5) is 62.5. The van der Waals surface area contributed by atoms with Crippen LogP contribution in [0.5, 0.6) is 0 Å². The van der Waals surface area contributed by atoms with Crippen LogP contribution in [0.25, 0.3) is 0 Å². The summed E-state index contributed by atoms with van der Waals surface area (Å²) in [5.41, 5.74) is 0.963. The highest BCUT2D eigenvalue weighted by atomic mass is 19.2. The number of amides is 5. The molecule has 4 rings (SSSR count). The highest BCUT2D eigenvalue weighted by molar-refractivity contribution is 6.24. The number of halogens is 2. The van der Waals surface area contributed by atoms with Gasteiger partial charge < -0.3 is 5.32 Å². The molecule has 8 nitrogen and oxygen atoms in total. The molecule has 2 aromatic rings. The number of imide groups is 2. The minimum Gasteiger partial charge on any atom is -0.352 e. The molecule has 1 fully saturated rings. The zero-order valence-electron chi connectivity index (χ0n) is 17.3. The number of nitrogens with one attached hydrogen (secondary N) is 2. The molecule has 33 heavy (non-hydrogen) atoms. The molecular formula is C23H19F2N3O5. The van der Waals surface area contributed by atoms with Gasteiger partial charge >= 0.3 is 0 Å². The molecule has 5 amide bonds. The van der Waals surface area contributed by atoms with Crippen LogP contribution in [0, 0.1) is 11.6 Å². The van der Waals surface area contributed by atoms with Crippen molar-refractivity contribution in [2.45, 2.75) is 31.7 Å². The van der Waals surface area contributed by atoms with E-state index in [4.69, 9.17) is 0 Å². The Morgan fingerprint density at radius 3 is 2.58 bits per heavy atom. The first-order valence-electron chi connectivity index (χ1n) is 10.3. The molecule has 1 unspecified atom stereocenters. The van der Waals surface area contributed by atoms with Gasteiger partial charge in [-0.3, -0.25) is 34.2 Å². The zero-order valence-corrected chi connectivity index (χ0v) is 17.3. The highest BCUT2D eigenvalue weighted by Crippen LogP contribution is 2.30. The summed E-state index contributed by atoms with van der Waals surface area (Å²) in [5.74, 6) is -5.03. The van der Waals surface area contributed by atoms with E-state index in [0.29, 0.717) is 18.4 Å². The van der Waals surface area contributed by atoms with Crippen molar-refractivity contribution in [1.82, 2.24) is 15.5 Å². The van der Waals surface area contributed by atoms with Gasteiger partial charge in [-0.1, -0.05) is 12.1 Å². The van der Waals surface area contributed by atoms with Gasteiger partial charge in [0.2, 0.25) is 11.8 Å². The molecule has 2 aliphatic heterocycles. The fourth-order valence-electron chi connectivity index (χ4n) is 4.01. The van der Waals surface area contributed by atoms with Crippen molar-refractivity contribution < 1.29 is 32.8 Å². The number of hydrogen-bond donors (Lipinski definition) is 2. The average molecular weight is 455 g/mol. The quantitative estimate of drug-likeness (QED) is 0.509. The van der Waals surface area contributed by atoms with Crippen molar-refractivity contribution >= 4 is 29.5 Å². The maximum Gasteiger partial charge on any atom is 0.262 e. The van der Waals surface area contributed by atoms with Crippen LogP contribution in [0.2, 0.25) is 0 Å². The molecule has 2 aliphatic rings. The number of fused-ring (bicyclic) bond motifs is 1. The van der Waals surface area contributed by atoms with Gasteiger partial charge in [0.05, 0.1) is 11.1 Å². The van der Waals surface area contributed by atoms with Gasteiger partial charge in [0.15, 0.2) is 11.6 Å². The Bertz CT molecular complexity index is 1200. The lowest BCUT2D eigenvalue weighted by Crippen LogP contribution is -2.54. The number of carbonyl (C=O) groups excluding carboxylic acids is 5. The summed E-state index contributed by atoms with van der Waals surface area (Å²) >= 11 is 0. The number of carbonyl (C=O) groups is 5. The third kappa shape index (κ3) is 4.23. The first-order chi connectivity index (χ1) is 15.8. The van der Waals surface area contributed by atoms with Crippen LogP contribution in [0.3, 0.4) is 0 Å². The van der Waals surface area contributed by atoms with Crippen LogP contribution in [0.15, 0.2) is 36.4 Å². The van der Waals surface area contributed by atoms with Crippen molar-refractivity contribution in [3.63, 3.8) is 0 Å². The second-order valence-corrected chi connectivity index (χ2v) is 7.78. The largest absolute Gasteiger partial charge is 0.352 e. The lowest BCUT2D eigenvalue weighted by molar-refractivity contribution is -0.136. The highest BCUT2D eigenvalue weighted by Gasteiger charge is 2.45. The number of nitrogens with zero attached hydrogens (tertiary/aromatic N) is 1. The Morgan fingerprint density at radius 2 is 1.85 bits per heavy atom. The Balaban J connectivity index is 1.41. The molecule has 2 N–H and O–H groups in total. The van der Waals surface area contributed by atoms with Gasteiger partial charge in [-0.15, -0.1) is 0 Å². The van der Waals surface area contributed by atoms with E-state index in [1.807, 2.05) is 0 Å². The normalized spacial score (nSPS) is 17.8. The molecular weight excluding hydrogens is 436 g/mol. The molecule has 1 saturated heterocycles. The molecule has 0 bridgehead atoms. The van der Waals surface area contributed by atoms with Gasteiger partial charge in [-0.2, -0.15) is 0 Å². The summed E-state index contributed by atoms with van der Waals surface area (Å²) in [7, 11) is 0. The number of hydrogen-bond acceptors (Lipinski definition) is 5. The number of piperidine rings is 1. The Morgan fingerprint density at radius 1 is 1.06 bits per heavy atom. The van der Waals surface area contributed by atoms with Crippen LogP contribution in [-0.2, 0) is 16.0 Å². The Hall–Kier alpha value is -3.95. The van der Waals surface area contributed by atoms with E-state index in [1.54, 1.807) is 12.1 Å². The third-order valence-electron chi connectivity index (χ3n) is 5.64. The Labute approximate surface area is 186 Å². The van der Waals surface area contributed by atoms with Crippen LogP contribution >= 0.6 is 0 Å². The summed E-state index contributed by atoms with van der Waals surface area (Å²) in [5, 5.41) is 4.75. The lowest BCUT2D eigenvalue weighted by atomic mass is 9.99. The van der Waals surface area contributed by atoms with E-state index in [1.165, 1.54) is 12.1 Å². The minimum atomic E-state index is -1.12. The topological polar surface area (TPSA) is 113 Å². The maximum atomic E-state index is 13.3. The first kappa shape index (κ1) is 22.3. The molecule has 1 atom stereocenters. The van der Waals surface area contributed by atoms with E-state index in [2.05, 4.69) is 10.6 Å². The summed E-state index contributed by atoms with van der Waals surface area (Å²) in [6, 6.07) is 6.64. The van der Waals surface area contributed by atoms with E-state index in [-0.39, 0.29) is 36.1 Å². The smallest absolute Gasteiger partial charge is 0.262 e. The summed E-state index contributed by atoms with van der Waals surface area (Å²) < 4.78 is 26.3. The Kier molecular flexibility index (Phi) is 5.99. The van der Waals surface area contributed by atoms with Crippen molar-refractivity contribution in [2.75, 3.05) is 6.54 Å². The predicted molar refractivity (Wildman–Crippen MR) is 110 cm³/mol. The van der Waals surface area contributed by atoms with Gasteiger partial charge in [-0.05, 0) is 49.1 Å². The predicted octanol–water partition coefficient (Wildman–Crippen LogP) is 1.73. The van der Waals surface area contributed by atoms with Gasteiger partial charge in [0.1, 0.15) is 6.04 Å². The fourth-order valence-corrected chi connectivity index (χ4v) is 4.01. The number of rotatable bonds is 6. The summed E-state index contributed by atoms with van der Waals surface area (Å²) in [6.07, 6.45) is 0.866. The van der Waals surface area contributed by atoms with Gasteiger partial charge in [0.25, 0.3) is 17.7 Å². The van der Waals surface area contributed by atoms with Gasteiger partial charge in [0, 0.05) is 18.5 Å². The minimum absolute atomic E-state index is 0.0184. The van der Waals surface area contributed by atoms with E-state index in [9.17, 15) is 32.8 Å². The van der Waals surface area contributed by atoms with Crippen molar-refractivity contribution in [2.24, 2.45) is 0 Å². The van der Waals surface area contributed by atoms with Crippen molar-refractivity contribution in [1.29, 1.82) is 0 Å². The van der Waals surface area contributed by atoms with E-state index in [0.717, 1.165) is 17.0 Å². The molecule has 2 aromatic carbocycles. The number of benzene rings is 2. The van der Waals surface area contributed by atoms with Crippen molar-refractivity contribution in [3.05, 3.63) is 70.3 Å². The first-order valence-corrected chi connectivity index (χ1v) is 10.3. The zero-order chi connectivity index (χ0) is 23.7. The SMILES string of the molecule is O=C1CCC(N2C(=O)c3cccc(CCCNC(=O)c4ccc(F)c(F)c4)c3C2=O)C(=O)N1. The van der Waals surface area contributed by atoms with Crippen LogP contribution < -0.4 is 10.6 Å². The van der Waals surface area contributed by atoms with Gasteiger partial charge in [-0.25, -0.2) is 8.78 Å².